The molecule has 7 heteroatoms. The summed E-state index contributed by atoms with van der Waals surface area (Å²) in [6.45, 7) is 1.65. The van der Waals surface area contributed by atoms with Crippen molar-refractivity contribution in [3.05, 3.63) is 42.0 Å². The molecule has 24 heavy (non-hydrogen) atoms. The first kappa shape index (κ1) is 18.7. The number of methoxy groups -OCH3 is 3. The van der Waals surface area contributed by atoms with Crippen LogP contribution in [-0.4, -0.2) is 40.1 Å². The molecule has 0 heterocycles. The van der Waals surface area contributed by atoms with E-state index in [1.54, 1.807) is 14.0 Å². The molecule has 1 atom stereocenters. The Morgan fingerprint density at radius 3 is 2.17 bits per heavy atom. The maximum absolute atomic E-state index is 11.3. The van der Waals surface area contributed by atoms with E-state index in [1.807, 2.05) is 36.4 Å². The van der Waals surface area contributed by atoms with E-state index < -0.39 is 27.6 Å². The Hall–Kier alpha value is -1.67. The molecule has 1 N–H and O–H groups in total. The molecular formula is C17H22O6S. The van der Waals surface area contributed by atoms with Crippen molar-refractivity contribution in [2.45, 2.75) is 12.7 Å². The summed E-state index contributed by atoms with van der Waals surface area (Å²) in [5.74, 6) is -1.64. The molecule has 2 aromatic carbocycles. The molecule has 0 aliphatic carbocycles. The van der Waals surface area contributed by atoms with Gasteiger partial charge in [0.1, 0.15) is 5.75 Å². The average molecular weight is 354 g/mol. The van der Waals surface area contributed by atoms with Gasteiger partial charge in [-0.15, -0.1) is 0 Å². The van der Waals surface area contributed by atoms with Gasteiger partial charge in [0.25, 0.3) is 10.1 Å². The summed E-state index contributed by atoms with van der Waals surface area (Å²) in [6, 6.07) is 11.2. The van der Waals surface area contributed by atoms with E-state index in [0.29, 0.717) is 5.56 Å². The predicted octanol–water partition coefficient (Wildman–Crippen LogP) is 2.82. The number of rotatable bonds is 7. The summed E-state index contributed by atoms with van der Waals surface area (Å²) in [4.78, 5) is 0. The lowest BCUT2D eigenvalue weighted by atomic mass is 9.92. The van der Waals surface area contributed by atoms with Gasteiger partial charge in [0, 0.05) is 25.7 Å². The number of ether oxygens (including phenoxy) is 3. The Bertz CT molecular complexity index is 811. The van der Waals surface area contributed by atoms with Gasteiger partial charge < -0.3 is 14.2 Å². The van der Waals surface area contributed by atoms with E-state index in [9.17, 15) is 8.42 Å². The number of benzene rings is 2. The SMILES string of the molecule is COc1ccc2cc(C(OC)(OC)[C@H](C)CS(=O)(=O)O)ccc2c1. The van der Waals surface area contributed by atoms with Crippen LogP contribution in [0.2, 0.25) is 0 Å². The fourth-order valence-corrected chi connectivity index (χ4v) is 3.85. The standard InChI is InChI=1S/C17H22O6S/c1-12(11-24(18,19)20)17(22-3,23-4)15-7-5-14-10-16(21-2)8-6-13(14)9-15/h5-10,12H,11H2,1-4H3,(H,18,19,20)/t12-/m1/s1. The summed E-state index contributed by atoms with van der Waals surface area (Å²) in [6.07, 6.45) is 0. The lowest BCUT2D eigenvalue weighted by Gasteiger charge is -2.36. The highest BCUT2D eigenvalue weighted by Gasteiger charge is 2.40. The molecule has 2 aromatic rings. The molecule has 0 amide bonds. The second kappa shape index (κ2) is 7.06. The quantitative estimate of drug-likeness (QED) is 0.608. The zero-order valence-electron chi connectivity index (χ0n) is 14.1. The minimum atomic E-state index is -4.16. The summed E-state index contributed by atoms with van der Waals surface area (Å²) < 4.78 is 48.0. The molecule has 0 fully saturated rings. The van der Waals surface area contributed by atoms with Gasteiger partial charge >= 0.3 is 0 Å². The Morgan fingerprint density at radius 1 is 1.04 bits per heavy atom. The minimum absolute atomic E-state index is 0.477. The molecule has 0 saturated heterocycles. The van der Waals surface area contributed by atoms with Crippen LogP contribution in [0.3, 0.4) is 0 Å². The summed E-state index contributed by atoms with van der Waals surface area (Å²) in [7, 11) is 0.335. The molecule has 0 radical (unpaired) electrons. The van der Waals surface area contributed by atoms with Gasteiger partial charge in [-0.25, -0.2) is 0 Å². The lowest BCUT2D eigenvalue weighted by molar-refractivity contribution is -0.242. The van der Waals surface area contributed by atoms with E-state index in [1.165, 1.54) is 14.2 Å². The van der Waals surface area contributed by atoms with Crippen LogP contribution in [0.5, 0.6) is 5.75 Å². The van der Waals surface area contributed by atoms with Crippen molar-refractivity contribution in [3.8, 4) is 5.75 Å². The van der Waals surface area contributed by atoms with Crippen molar-refractivity contribution < 1.29 is 27.2 Å². The fraction of sp³-hybridized carbons (Fsp3) is 0.412. The van der Waals surface area contributed by atoms with E-state index >= 15 is 0 Å². The smallest absolute Gasteiger partial charge is 0.265 e. The van der Waals surface area contributed by atoms with Crippen LogP contribution < -0.4 is 4.74 Å². The highest BCUT2D eigenvalue weighted by atomic mass is 32.2. The van der Waals surface area contributed by atoms with Crippen LogP contribution in [0, 0.1) is 5.92 Å². The van der Waals surface area contributed by atoms with Gasteiger partial charge in [0.05, 0.1) is 12.9 Å². The van der Waals surface area contributed by atoms with Crippen LogP contribution in [0.1, 0.15) is 12.5 Å². The van der Waals surface area contributed by atoms with Crippen molar-refractivity contribution in [2.75, 3.05) is 27.1 Å². The predicted molar refractivity (Wildman–Crippen MR) is 91.8 cm³/mol. The first-order chi connectivity index (χ1) is 11.3. The molecule has 0 bridgehead atoms. The third-order valence-corrected chi connectivity index (χ3v) is 5.09. The fourth-order valence-electron chi connectivity index (χ4n) is 3.00. The Kier molecular flexibility index (Phi) is 5.49. The van der Waals surface area contributed by atoms with Crippen molar-refractivity contribution in [1.29, 1.82) is 0 Å². The molecule has 0 aliphatic rings. The Labute approximate surface area is 142 Å². The first-order valence-electron chi connectivity index (χ1n) is 7.39. The third kappa shape index (κ3) is 3.70. The Balaban J connectivity index is 2.52. The number of hydrogen-bond acceptors (Lipinski definition) is 5. The van der Waals surface area contributed by atoms with E-state index in [4.69, 9.17) is 18.8 Å². The first-order valence-corrected chi connectivity index (χ1v) is 9.00. The maximum atomic E-state index is 11.3. The third-order valence-electron chi connectivity index (χ3n) is 4.17. The molecule has 0 aliphatic heterocycles. The van der Waals surface area contributed by atoms with E-state index in [2.05, 4.69) is 0 Å². The normalized spacial score (nSPS) is 13.9. The monoisotopic (exact) mass is 354 g/mol. The van der Waals surface area contributed by atoms with Crippen LogP contribution in [-0.2, 0) is 25.4 Å². The summed E-state index contributed by atoms with van der Waals surface area (Å²) >= 11 is 0. The second-order valence-corrected chi connectivity index (χ2v) is 7.15. The highest BCUT2D eigenvalue weighted by molar-refractivity contribution is 7.85. The van der Waals surface area contributed by atoms with E-state index in [-0.39, 0.29) is 0 Å². The van der Waals surface area contributed by atoms with E-state index in [0.717, 1.165) is 16.5 Å². The van der Waals surface area contributed by atoms with Gasteiger partial charge in [-0.05, 0) is 29.0 Å². The van der Waals surface area contributed by atoms with Crippen LogP contribution >= 0.6 is 0 Å². The van der Waals surface area contributed by atoms with Crippen LogP contribution in [0.15, 0.2) is 36.4 Å². The largest absolute Gasteiger partial charge is 0.497 e. The molecule has 2 rings (SSSR count). The molecule has 132 valence electrons. The molecule has 0 unspecified atom stereocenters. The maximum Gasteiger partial charge on any atom is 0.265 e. The molecule has 0 aromatic heterocycles. The van der Waals surface area contributed by atoms with Crippen molar-refractivity contribution in [3.63, 3.8) is 0 Å². The van der Waals surface area contributed by atoms with Gasteiger partial charge in [0.2, 0.25) is 0 Å². The molecule has 6 nitrogen and oxygen atoms in total. The zero-order valence-corrected chi connectivity index (χ0v) is 15.0. The number of hydrogen-bond donors (Lipinski definition) is 1. The Morgan fingerprint density at radius 2 is 1.62 bits per heavy atom. The van der Waals surface area contributed by atoms with Crippen LogP contribution in [0.4, 0.5) is 0 Å². The summed E-state index contributed by atoms with van der Waals surface area (Å²) in [5, 5.41) is 1.91. The minimum Gasteiger partial charge on any atom is -0.497 e. The van der Waals surface area contributed by atoms with Gasteiger partial charge in [0.15, 0.2) is 5.79 Å². The van der Waals surface area contributed by atoms with Crippen molar-refractivity contribution in [1.82, 2.24) is 0 Å². The average Bonchev–Trinajstić information content (AvgIpc) is 2.54. The van der Waals surface area contributed by atoms with Crippen molar-refractivity contribution in [2.24, 2.45) is 5.92 Å². The second-order valence-electron chi connectivity index (χ2n) is 5.65. The molecule has 0 spiro atoms. The lowest BCUT2D eigenvalue weighted by Crippen LogP contribution is -2.41. The number of fused-ring (bicyclic) bond motifs is 1. The van der Waals surface area contributed by atoms with Gasteiger partial charge in [-0.1, -0.05) is 25.1 Å². The highest BCUT2D eigenvalue weighted by Crippen LogP contribution is 2.37. The summed E-state index contributed by atoms with van der Waals surface area (Å²) in [5.41, 5.74) is 0.668. The van der Waals surface area contributed by atoms with Crippen molar-refractivity contribution >= 4 is 20.9 Å². The molecular weight excluding hydrogens is 332 g/mol. The van der Waals surface area contributed by atoms with Gasteiger partial charge in [-0.2, -0.15) is 8.42 Å². The van der Waals surface area contributed by atoms with Gasteiger partial charge in [-0.3, -0.25) is 4.55 Å². The topological polar surface area (TPSA) is 82.1 Å². The zero-order chi connectivity index (χ0) is 18.0. The van der Waals surface area contributed by atoms with Crippen LogP contribution in [0.25, 0.3) is 10.8 Å². The molecule has 0 saturated carbocycles.